The van der Waals surface area contributed by atoms with E-state index in [-0.39, 0.29) is 17.0 Å². The number of nitrogens with zero attached hydrogens (tertiary/aromatic N) is 3. The molecule has 0 aliphatic carbocycles. The SMILES string of the molecule is Cc1sc2nc(SCc3ccc(C(N)=O)cc3[N+](=O)[O-])nc(N)c2c1C. The van der Waals surface area contributed by atoms with Gasteiger partial charge < -0.3 is 11.5 Å². The second-order valence-electron chi connectivity index (χ2n) is 5.61. The van der Waals surface area contributed by atoms with E-state index in [2.05, 4.69) is 9.97 Å². The summed E-state index contributed by atoms with van der Waals surface area (Å²) in [5.41, 5.74) is 12.7. The molecule has 0 aliphatic rings. The summed E-state index contributed by atoms with van der Waals surface area (Å²) in [7, 11) is 0. The van der Waals surface area contributed by atoms with E-state index in [1.807, 2.05) is 13.8 Å². The lowest BCUT2D eigenvalue weighted by Gasteiger charge is -2.05. The molecule has 1 amide bonds. The molecule has 26 heavy (non-hydrogen) atoms. The lowest BCUT2D eigenvalue weighted by atomic mass is 10.1. The van der Waals surface area contributed by atoms with E-state index in [0.29, 0.717) is 16.5 Å². The number of hydrogen-bond donors (Lipinski definition) is 2. The van der Waals surface area contributed by atoms with Gasteiger partial charge in [-0.25, -0.2) is 9.97 Å². The molecule has 0 spiro atoms. The minimum atomic E-state index is -0.711. The minimum Gasteiger partial charge on any atom is -0.383 e. The van der Waals surface area contributed by atoms with Crippen molar-refractivity contribution in [1.82, 2.24) is 9.97 Å². The zero-order chi connectivity index (χ0) is 19.0. The Labute approximate surface area is 156 Å². The minimum absolute atomic E-state index is 0.0944. The predicted molar refractivity (Wildman–Crippen MR) is 102 cm³/mol. The maximum absolute atomic E-state index is 11.3. The highest BCUT2D eigenvalue weighted by Crippen LogP contribution is 2.34. The standard InChI is InChI=1S/C16H15N5O3S2/c1-7-8(2)26-15-12(7)13(17)19-16(20-15)25-6-10-4-3-9(14(18)22)5-11(10)21(23)24/h3-5H,6H2,1-2H3,(H2,18,22)(H2,17,19,20). The summed E-state index contributed by atoms with van der Waals surface area (Å²) in [5, 5.41) is 12.6. The number of thioether (sulfide) groups is 1. The first-order valence-corrected chi connectivity index (χ1v) is 9.31. The number of aromatic nitrogens is 2. The van der Waals surface area contributed by atoms with Gasteiger partial charge in [0.05, 0.1) is 10.3 Å². The van der Waals surface area contributed by atoms with Crippen LogP contribution in [0.3, 0.4) is 0 Å². The number of hydrogen-bond acceptors (Lipinski definition) is 8. The Hall–Kier alpha value is -2.72. The van der Waals surface area contributed by atoms with Crippen molar-refractivity contribution in [1.29, 1.82) is 0 Å². The second kappa shape index (κ2) is 6.89. The van der Waals surface area contributed by atoms with Crippen molar-refractivity contribution < 1.29 is 9.72 Å². The number of nitrogens with two attached hydrogens (primary N) is 2. The second-order valence-corrected chi connectivity index (χ2v) is 7.75. The molecule has 0 saturated carbocycles. The largest absolute Gasteiger partial charge is 0.383 e. The van der Waals surface area contributed by atoms with Crippen LogP contribution in [-0.4, -0.2) is 20.8 Å². The topological polar surface area (TPSA) is 138 Å². The number of benzene rings is 1. The van der Waals surface area contributed by atoms with Crippen molar-refractivity contribution in [2.45, 2.75) is 24.8 Å². The van der Waals surface area contributed by atoms with Gasteiger partial charge in [0.2, 0.25) is 5.91 Å². The Morgan fingerprint density at radius 1 is 1.35 bits per heavy atom. The van der Waals surface area contributed by atoms with Crippen LogP contribution in [0.25, 0.3) is 10.2 Å². The van der Waals surface area contributed by atoms with Crippen molar-refractivity contribution in [2.75, 3.05) is 5.73 Å². The molecular formula is C16H15N5O3S2. The fourth-order valence-electron chi connectivity index (χ4n) is 2.48. The molecule has 3 aromatic rings. The van der Waals surface area contributed by atoms with E-state index in [9.17, 15) is 14.9 Å². The fourth-order valence-corrected chi connectivity index (χ4v) is 4.42. The number of amides is 1. The first-order chi connectivity index (χ1) is 12.3. The van der Waals surface area contributed by atoms with Crippen LogP contribution in [0, 0.1) is 24.0 Å². The molecule has 0 unspecified atom stereocenters. The Bertz CT molecular complexity index is 1050. The monoisotopic (exact) mass is 389 g/mol. The van der Waals surface area contributed by atoms with Crippen LogP contribution in [0.1, 0.15) is 26.4 Å². The number of fused-ring (bicyclic) bond motifs is 1. The van der Waals surface area contributed by atoms with E-state index in [4.69, 9.17) is 11.5 Å². The zero-order valence-electron chi connectivity index (χ0n) is 14.0. The number of nitro benzene ring substituents is 1. The maximum Gasteiger partial charge on any atom is 0.274 e. The molecular weight excluding hydrogens is 374 g/mol. The van der Waals surface area contributed by atoms with Gasteiger partial charge in [-0.05, 0) is 25.5 Å². The first-order valence-electron chi connectivity index (χ1n) is 7.51. The quantitative estimate of drug-likeness (QED) is 0.296. The summed E-state index contributed by atoms with van der Waals surface area (Å²) in [6.45, 7) is 3.97. The van der Waals surface area contributed by atoms with Crippen molar-refractivity contribution in [2.24, 2.45) is 5.73 Å². The van der Waals surface area contributed by atoms with E-state index in [1.54, 1.807) is 0 Å². The van der Waals surface area contributed by atoms with Crippen LogP contribution < -0.4 is 11.5 Å². The molecule has 10 heteroatoms. The van der Waals surface area contributed by atoms with Crippen LogP contribution >= 0.6 is 23.1 Å². The van der Waals surface area contributed by atoms with Crippen molar-refractivity contribution in [3.63, 3.8) is 0 Å². The Balaban J connectivity index is 1.90. The van der Waals surface area contributed by atoms with Crippen molar-refractivity contribution in [3.8, 4) is 0 Å². The van der Waals surface area contributed by atoms with Crippen LogP contribution in [0.4, 0.5) is 11.5 Å². The molecule has 8 nitrogen and oxygen atoms in total. The number of anilines is 1. The Kier molecular flexibility index (Phi) is 4.79. The molecule has 2 aromatic heterocycles. The summed E-state index contributed by atoms with van der Waals surface area (Å²) in [6.07, 6.45) is 0. The normalized spacial score (nSPS) is 11.0. The van der Waals surface area contributed by atoms with Crippen LogP contribution in [0.2, 0.25) is 0 Å². The molecule has 3 rings (SSSR count). The number of nitrogen functional groups attached to an aromatic ring is 1. The summed E-state index contributed by atoms with van der Waals surface area (Å²) in [5.74, 6) is -0.0425. The number of rotatable bonds is 5. The fraction of sp³-hybridized carbons (Fsp3) is 0.188. The third kappa shape index (κ3) is 3.33. The van der Waals surface area contributed by atoms with Crippen molar-refractivity contribution in [3.05, 3.63) is 49.9 Å². The van der Waals surface area contributed by atoms with E-state index in [1.165, 1.54) is 41.3 Å². The summed E-state index contributed by atoms with van der Waals surface area (Å²) < 4.78 is 0. The maximum atomic E-state index is 11.3. The highest BCUT2D eigenvalue weighted by molar-refractivity contribution is 7.98. The molecule has 134 valence electrons. The third-order valence-corrected chi connectivity index (χ3v) is 5.96. The highest BCUT2D eigenvalue weighted by Gasteiger charge is 2.18. The average molecular weight is 389 g/mol. The molecule has 2 heterocycles. The van der Waals surface area contributed by atoms with Gasteiger partial charge in [-0.15, -0.1) is 11.3 Å². The molecule has 4 N–H and O–H groups in total. The molecule has 0 bridgehead atoms. The molecule has 0 saturated heterocycles. The van der Waals surface area contributed by atoms with Gasteiger partial charge in [0.15, 0.2) is 5.16 Å². The lowest BCUT2D eigenvalue weighted by molar-refractivity contribution is -0.385. The Morgan fingerprint density at radius 3 is 2.73 bits per heavy atom. The van der Waals surface area contributed by atoms with Gasteiger partial charge in [-0.1, -0.05) is 17.8 Å². The van der Waals surface area contributed by atoms with Gasteiger partial charge in [0.25, 0.3) is 5.69 Å². The number of primary amides is 1. The van der Waals surface area contributed by atoms with Crippen LogP contribution in [0.15, 0.2) is 23.4 Å². The Morgan fingerprint density at radius 2 is 2.08 bits per heavy atom. The van der Waals surface area contributed by atoms with Gasteiger partial charge >= 0.3 is 0 Å². The van der Waals surface area contributed by atoms with Gasteiger partial charge in [0, 0.05) is 27.8 Å². The van der Waals surface area contributed by atoms with Crippen LogP contribution in [0.5, 0.6) is 0 Å². The number of aryl methyl sites for hydroxylation is 2. The number of thiophene rings is 1. The van der Waals surface area contributed by atoms with Gasteiger partial charge in [-0.2, -0.15) is 0 Å². The lowest BCUT2D eigenvalue weighted by Crippen LogP contribution is -2.11. The van der Waals surface area contributed by atoms with Gasteiger partial charge in [-0.3, -0.25) is 14.9 Å². The van der Waals surface area contributed by atoms with E-state index >= 15 is 0 Å². The summed E-state index contributed by atoms with van der Waals surface area (Å²) >= 11 is 2.79. The average Bonchev–Trinajstić information content (AvgIpc) is 2.87. The highest BCUT2D eigenvalue weighted by atomic mass is 32.2. The first kappa shape index (κ1) is 18.1. The smallest absolute Gasteiger partial charge is 0.274 e. The van der Waals surface area contributed by atoms with E-state index in [0.717, 1.165) is 20.7 Å². The van der Waals surface area contributed by atoms with Crippen molar-refractivity contribution >= 4 is 50.7 Å². The summed E-state index contributed by atoms with van der Waals surface area (Å²) in [4.78, 5) is 32.7. The summed E-state index contributed by atoms with van der Waals surface area (Å²) in [6, 6.07) is 4.17. The molecule has 0 radical (unpaired) electrons. The van der Waals surface area contributed by atoms with E-state index < -0.39 is 10.8 Å². The molecule has 0 fully saturated rings. The third-order valence-electron chi connectivity index (χ3n) is 3.96. The number of carbonyl (C=O) groups excluding carboxylic acids is 1. The zero-order valence-corrected chi connectivity index (χ0v) is 15.6. The molecule has 0 atom stereocenters. The molecule has 1 aromatic carbocycles. The molecule has 0 aliphatic heterocycles. The van der Waals surface area contributed by atoms with Crippen LogP contribution in [-0.2, 0) is 5.75 Å². The number of nitro groups is 1. The predicted octanol–water partition coefficient (Wildman–Crippen LogP) is 3.19. The van der Waals surface area contributed by atoms with Gasteiger partial charge in [0.1, 0.15) is 10.6 Å². The number of carbonyl (C=O) groups is 1.